The number of hydrogen-bond acceptors (Lipinski definition) is 6. The van der Waals surface area contributed by atoms with E-state index >= 15 is 0 Å². The summed E-state index contributed by atoms with van der Waals surface area (Å²) in [5.74, 6) is -0.789. The molecule has 0 saturated carbocycles. The molecule has 8 nitrogen and oxygen atoms in total. The minimum Gasteiger partial charge on any atom is -0.462 e. The summed E-state index contributed by atoms with van der Waals surface area (Å²) >= 11 is 9.42. The Hall–Kier alpha value is -2.17. The van der Waals surface area contributed by atoms with Crippen molar-refractivity contribution in [3.05, 3.63) is 62.1 Å². The van der Waals surface area contributed by atoms with E-state index in [4.69, 9.17) is 16.3 Å². The molecule has 150 valence electrons. The van der Waals surface area contributed by atoms with Crippen LogP contribution in [0.5, 0.6) is 0 Å². The third-order valence-electron chi connectivity index (χ3n) is 3.43. The van der Waals surface area contributed by atoms with Gasteiger partial charge in [-0.15, -0.1) is 0 Å². The van der Waals surface area contributed by atoms with E-state index in [1.54, 1.807) is 19.9 Å². The van der Waals surface area contributed by atoms with Crippen LogP contribution in [-0.2, 0) is 19.6 Å². The molecule has 0 amide bonds. The van der Waals surface area contributed by atoms with Crippen molar-refractivity contribution < 1.29 is 22.9 Å². The van der Waals surface area contributed by atoms with E-state index in [-0.39, 0.29) is 15.6 Å². The van der Waals surface area contributed by atoms with Crippen LogP contribution in [0.3, 0.4) is 0 Å². The maximum atomic E-state index is 13.2. The fourth-order valence-electron chi connectivity index (χ4n) is 2.29. The van der Waals surface area contributed by atoms with E-state index in [9.17, 15) is 23.3 Å². The first-order valence-electron chi connectivity index (χ1n) is 7.94. The predicted molar refractivity (Wildman–Crippen MR) is 108 cm³/mol. The first-order chi connectivity index (χ1) is 13.0. The van der Waals surface area contributed by atoms with Gasteiger partial charge in [0.25, 0.3) is 15.7 Å². The molecular formula is C17H16BrClN2O6S. The molecule has 0 heterocycles. The summed E-state index contributed by atoms with van der Waals surface area (Å²) < 4.78 is 32.8. The van der Waals surface area contributed by atoms with Gasteiger partial charge in [-0.1, -0.05) is 33.6 Å². The molecule has 0 atom stereocenters. The molecule has 0 radical (unpaired) electrons. The molecule has 0 aliphatic carbocycles. The molecule has 2 aromatic carbocycles. The number of non-ortho nitro benzene ring substituents is 1. The molecular weight excluding hydrogens is 476 g/mol. The number of anilines is 1. The number of rotatable bonds is 7. The average molecular weight is 492 g/mol. The van der Waals surface area contributed by atoms with Gasteiger partial charge in [0.2, 0.25) is 0 Å². The zero-order chi connectivity index (χ0) is 21.1. The zero-order valence-electron chi connectivity index (χ0n) is 14.8. The first kappa shape index (κ1) is 22.1. The molecule has 28 heavy (non-hydrogen) atoms. The predicted octanol–water partition coefficient (Wildman–Crippen LogP) is 4.16. The number of nitrogens with zero attached hydrogens (tertiary/aromatic N) is 2. The average Bonchev–Trinajstić information content (AvgIpc) is 2.59. The van der Waals surface area contributed by atoms with Gasteiger partial charge in [0.15, 0.2) is 0 Å². The Morgan fingerprint density at radius 2 is 1.96 bits per heavy atom. The van der Waals surface area contributed by atoms with E-state index < -0.39 is 39.3 Å². The normalized spacial score (nSPS) is 11.3. The lowest BCUT2D eigenvalue weighted by atomic mass is 10.3. The van der Waals surface area contributed by atoms with Crippen molar-refractivity contribution in [1.82, 2.24) is 0 Å². The van der Waals surface area contributed by atoms with Crippen molar-refractivity contribution in [2.24, 2.45) is 0 Å². The first-order valence-corrected chi connectivity index (χ1v) is 10.5. The van der Waals surface area contributed by atoms with Crippen LogP contribution in [0.2, 0.25) is 5.02 Å². The summed E-state index contributed by atoms with van der Waals surface area (Å²) in [5, 5.41) is 11.1. The van der Waals surface area contributed by atoms with Crippen LogP contribution >= 0.6 is 27.5 Å². The van der Waals surface area contributed by atoms with Crippen LogP contribution in [0.25, 0.3) is 0 Å². The third kappa shape index (κ3) is 5.21. The van der Waals surface area contributed by atoms with Crippen LogP contribution in [0.15, 0.2) is 51.8 Å². The van der Waals surface area contributed by atoms with Crippen molar-refractivity contribution in [2.45, 2.75) is 24.8 Å². The molecule has 0 bridgehead atoms. The Morgan fingerprint density at radius 3 is 2.54 bits per heavy atom. The molecule has 0 aliphatic rings. The maximum Gasteiger partial charge on any atom is 0.327 e. The van der Waals surface area contributed by atoms with E-state index in [1.807, 2.05) is 0 Å². The lowest BCUT2D eigenvalue weighted by Gasteiger charge is -2.25. The van der Waals surface area contributed by atoms with Gasteiger partial charge in [-0.3, -0.25) is 19.2 Å². The van der Waals surface area contributed by atoms with Gasteiger partial charge < -0.3 is 4.74 Å². The largest absolute Gasteiger partial charge is 0.462 e. The summed E-state index contributed by atoms with van der Waals surface area (Å²) in [6.45, 7) is 2.61. The topological polar surface area (TPSA) is 107 Å². The third-order valence-corrected chi connectivity index (χ3v) is 5.99. The molecule has 0 saturated heterocycles. The molecule has 11 heteroatoms. The minimum atomic E-state index is -4.35. The number of halogens is 2. The smallest absolute Gasteiger partial charge is 0.327 e. The van der Waals surface area contributed by atoms with Crippen LogP contribution in [0, 0.1) is 10.1 Å². The van der Waals surface area contributed by atoms with Gasteiger partial charge >= 0.3 is 5.97 Å². The van der Waals surface area contributed by atoms with Gasteiger partial charge in [0.05, 0.1) is 26.6 Å². The van der Waals surface area contributed by atoms with E-state index in [0.29, 0.717) is 4.47 Å². The Labute approximate surface area is 175 Å². The number of benzene rings is 2. The van der Waals surface area contributed by atoms with Crippen LogP contribution < -0.4 is 4.31 Å². The number of esters is 1. The standard InChI is InChI=1S/C17H16BrClN2O6S/c1-11(2)27-17(22)10-20(16-7-6-12(18)8-15(16)19)28(25,26)14-5-3-4-13(9-14)21(23)24/h3-9,11H,10H2,1-2H3. The molecule has 0 N–H and O–H groups in total. The van der Waals surface area contributed by atoms with Gasteiger partial charge in [0.1, 0.15) is 6.54 Å². The molecule has 0 spiro atoms. The molecule has 0 fully saturated rings. The molecule has 0 aromatic heterocycles. The van der Waals surface area contributed by atoms with Crippen molar-refractivity contribution in [3.63, 3.8) is 0 Å². The summed E-state index contributed by atoms with van der Waals surface area (Å²) in [6.07, 6.45) is -0.449. The second-order valence-electron chi connectivity index (χ2n) is 5.90. The Balaban J connectivity index is 2.57. The fraction of sp³-hybridized carbons (Fsp3) is 0.235. The lowest BCUT2D eigenvalue weighted by Crippen LogP contribution is -2.37. The fourth-order valence-corrected chi connectivity index (χ4v) is 4.58. The van der Waals surface area contributed by atoms with E-state index in [2.05, 4.69) is 15.9 Å². The zero-order valence-corrected chi connectivity index (χ0v) is 18.0. The number of carbonyl (C=O) groups excluding carboxylic acids is 1. The summed E-state index contributed by atoms with van der Waals surface area (Å²) in [6, 6.07) is 9.00. The second-order valence-corrected chi connectivity index (χ2v) is 9.09. The SMILES string of the molecule is CC(C)OC(=O)CN(c1ccc(Br)cc1Cl)S(=O)(=O)c1cccc([N+](=O)[O-])c1. The van der Waals surface area contributed by atoms with Crippen LogP contribution in [0.1, 0.15) is 13.8 Å². The minimum absolute atomic E-state index is 0.0390. The molecule has 0 unspecified atom stereocenters. The molecule has 2 rings (SSSR count). The Morgan fingerprint density at radius 1 is 1.29 bits per heavy atom. The van der Waals surface area contributed by atoms with E-state index in [1.165, 1.54) is 30.3 Å². The number of sulfonamides is 1. The van der Waals surface area contributed by atoms with Crippen molar-refractivity contribution in [1.29, 1.82) is 0 Å². The maximum absolute atomic E-state index is 13.2. The number of nitro groups is 1. The Kier molecular flexibility index (Phi) is 7.02. The highest BCUT2D eigenvalue weighted by Crippen LogP contribution is 2.33. The van der Waals surface area contributed by atoms with Gasteiger partial charge in [-0.25, -0.2) is 8.42 Å². The number of carbonyl (C=O) groups is 1. The second kappa shape index (κ2) is 8.89. The Bertz CT molecular complexity index is 1010. The highest BCUT2D eigenvalue weighted by atomic mass is 79.9. The number of hydrogen-bond donors (Lipinski definition) is 0. The highest BCUT2D eigenvalue weighted by Gasteiger charge is 2.30. The quantitative estimate of drug-likeness (QED) is 0.327. The number of ether oxygens (including phenoxy) is 1. The van der Waals surface area contributed by atoms with Gasteiger partial charge in [-0.2, -0.15) is 0 Å². The van der Waals surface area contributed by atoms with Crippen LogP contribution in [-0.4, -0.2) is 32.0 Å². The molecule has 0 aliphatic heterocycles. The lowest BCUT2D eigenvalue weighted by molar-refractivity contribution is -0.385. The van der Waals surface area contributed by atoms with Gasteiger partial charge in [0, 0.05) is 16.6 Å². The number of nitro benzene ring substituents is 1. The van der Waals surface area contributed by atoms with Crippen molar-refractivity contribution in [2.75, 3.05) is 10.8 Å². The van der Waals surface area contributed by atoms with Gasteiger partial charge in [-0.05, 0) is 38.1 Å². The van der Waals surface area contributed by atoms with Crippen molar-refractivity contribution >= 4 is 54.9 Å². The highest BCUT2D eigenvalue weighted by molar-refractivity contribution is 9.10. The van der Waals surface area contributed by atoms with Crippen LogP contribution in [0.4, 0.5) is 11.4 Å². The summed E-state index contributed by atoms with van der Waals surface area (Å²) in [7, 11) is -4.35. The molecule has 2 aromatic rings. The van der Waals surface area contributed by atoms with Crippen molar-refractivity contribution in [3.8, 4) is 0 Å². The summed E-state index contributed by atoms with van der Waals surface area (Å²) in [5.41, 5.74) is -0.357. The monoisotopic (exact) mass is 490 g/mol. The summed E-state index contributed by atoms with van der Waals surface area (Å²) in [4.78, 5) is 22.1. The van der Waals surface area contributed by atoms with E-state index in [0.717, 1.165) is 10.4 Å².